The van der Waals surface area contributed by atoms with E-state index >= 15 is 0 Å². The Bertz CT molecular complexity index is 844. The second-order valence-corrected chi connectivity index (χ2v) is 7.74. The zero-order valence-electron chi connectivity index (χ0n) is 16.6. The molecule has 0 heterocycles. The Balaban J connectivity index is 1.72. The molecule has 0 saturated heterocycles. The van der Waals surface area contributed by atoms with E-state index < -0.39 is 4.92 Å². The molecule has 0 bridgehead atoms. The maximum Gasteiger partial charge on any atom is 0.292 e. The zero-order chi connectivity index (χ0) is 20.3. The van der Waals surface area contributed by atoms with Crippen molar-refractivity contribution < 1.29 is 9.72 Å². The Morgan fingerprint density at radius 1 is 1.14 bits per heavy atom. The number of nitro groups is 1. The molecule has 2 aromatic rings. The van der Waals surface area contributed by atoms with E-state index in [9.17, 15) is 14.9 Å². The summed E-state index contributed by atoms with van der Waals surface area (Å²) < 4.78 is 0. The second-order valence-electron chi connectivity index (χ2n) is 7.74. The lowest BCUT2D eigenvalue weighted by Gasteiger charge is -2.28. The average molecular weight is 381 g/mol. The fourth-order valence-electron chi connectivity index (χ4n) is 3.33. The first kappa shape index (κ1) is 20.0. The summed E-state index contributed by atoms with van der Waals surface area (Å²) in [6, 6.07) is 14.8. The fourth-order valence-corrected chi connectivity index (χ4v) is 3.33. The summed E-state index contributed by atoms with van der Waals surface area (Å²) in [4.78, 5) is 25.7. The molecule has 3 rings (SSSR count). The molecule has 6 heteroatoms. The number of para-hydroxylation sites is 2. The summed E-state index contributed by atoms with van der Waals surface area (Å²) in [6.45, 7) is 6.89. The van der Waals surface area contributed by atoms with Gasteiger partial charge in [-0.3, -0.25) is 19.8 Å². The monoisotopic (exact) mass is 381 g/mol. The van der Waals surface area contributed by atoms with Crippen LogP contribution in [0.1, 0.15) is 50.7 Å². The lowest BCUT2D eigenvalue weighted by Crippen LogP contribution is -2.43. The van der Waals surface area contributed by atoms with Crippen molar-refractivity contribution in [2.24, 2.45) is 0 Å². The Hall–Kier alpha value is -2.73. The molecular formula is C22H27N3O3. The number of nitrogens with zero attached hydrogens (tertiary/aromatic N) is 2. The highest BCUT2D eigenvalue weighted by molar-refractivity contribution is 5.96. The van der Waals surface area contributed by atoms with Gasteiger partial charge in [0.25, 0.3) is 5.69 Å². The van der Waals surface area contributed by atoms with Crippen LogP contribution in [0.4, 0.5) is 11.4 Å². The van der Waals surface area contributed by atoms with E-state index in [1.54, 1.807) is 18.2 Å². The number of hydrogen-bond donors (Lipinski definition) is 1. The van der Waals surface area contributed by atoms with Gasteiger partial charge in [-0.2, -0.15) is 0 Å². The standard InChI is InChI=1S/C22H27N3O3/c1-15(2)18-10-8-17(9-11-18)14-24(19-12-13-19)16(3)22(26)23-20-6-4-5-7-21(20)25(27)28/h4-11,15-16,19H,12-14H2,1-3H3,(H,23,26)/t16-/m0/s1. The zero-order valence-corrected chi connectivity index (χ0v) is 16.6. The molecule has 1 atom stereocenters. The van der Waals surface area contributed by atoms with E-state index in [0.717, 1.165) is 12.8 Å². The number of carbonyl (C=O) groups excluding carboxylic acids is 1. The first-order chi connectivity index (χ1) is 13.4. The van der Waals surface area contributed by atoms with Gasteiger partial charge in [-0.1, -0.05) is 50.2 Å². The molecule has 28 heavy (non-hydrogen) atoms. The summed E-state index contributed by atoms with van der Waals surface area (Å²) >= 11 is 0. The molecule has 0 radical (unpaired) electrons. The third kappa shape index (κ3) is 4.75. The van der Waals surface area contributed by atoms with Crippen LogP contribution in [-0.4, -0.2) is 27.8 Å². The summed E-state index contributed by atoms with van der Waals surface area (Å²) in [6.07, 6.45) is 2.15. The highest BCUT2D eigenvalue weighted by Gasteiger charge is 2.35. The van der Waals surface area contributed by atoms with Crippen molar-refractivity contribution in [3.8, 4) is 0 Å². The minimum absolute atomic E-state index is 0.0923. The molecule has 0 aliphatic heterocycles. The molecule has 1 amide bonds. The second kappa shape index (κ2) is 8.52. The molecule has 1 fully saturated rings. The molecule has 1 N–H and O–H groups in total. The lowest BCUT2D eigenvalue weighted by molar-refractivity contribution is -0.383. The number of rotatable bonds is 8. The largest absolute Gasteiger partial charge is 0.319 e. The van der Waals surface area contributed by atoms with E-state index in [1.807, 2.05) is 6.92 Å². The van der Waals surface area contributed by atoms with Gasteiger partial charge in [0.15, 0.2) is 0 Å². The van der Waals surface area contributed by atoms with Crippen LogP contribution >= 0.6 is 0 Å². The predicted molar refractivity (Wildman–Crippen MR) is 110 cm³/mol. The molecule has 148 valence electrons. The summed E-state index contributed by atoms with van der Waals surface area (Å²) in [5.41, 5.74) is 2.61. The smallest absolute Gasteiger partial charge is 0.292 e. The van der Waals surface area contributed by atoms with Gasteiger partial charge < -0.3 is 5.32 Å². The van der Waals surface area contributed by atoms with Crippen LogP contribution in [-0.2, 0) is 11.3 Å². The molecular weight excluding hydrogens is 354 g/mol. The molecule has 0 unspecified atom stereocenters. The minimum atomic E-state index is -0.477. The van der Waals surface area contributed by atoms with E-state index in [1.165, 1.54) is 17.2 Å². The van der Waals surface area contributed by atoms with E-state index in [0.29, 0.717) is 18.5 Å². The fraction of sp³-hybridized carbons (Fsp3) is 0.409. The van der Waals surface area contributed by atoms with Gasteiger partial charge in [0.1, 0.15) is 5.69 Å². The number of nitrogens with one attached hydrogen (secondary N) is 1. The van der Waals surface area contributed by atoms with Crippen molar-refractivity contribution in [3.63, 3.8) is 0 Å². The van der Waals surface area contributed by atoms with Crippen LogP contribution in [0.25, 0.3) is 0 Å². The minimum Gasteiger partial charge on any atom is -0.319 e. The van der Waals surface area contributed by atoms with Gasteiger partial charge in [-0.15, -0.1) is 0 Å². The number of hydrogen-bond acceptors (Lipinski definition) is 4. The number of carbonyl (C=O) groups is 1. The van der Waals surface area contributed by atoms with E-state index in [2.05, 4.69) is 48.3 Å². The Labute approximate surface area is 165 Å². The van der Waals surface area contributed by atoms with Gasteiger partial charge in [-0.25, -0.2) is 0 Å². The highest BCUT2D eigenvalue weighted by atomic mass is 16.6. The normalized spacial score (nSPS) is 14.9. The van der Waals surface area contributed by atoms with Crippen molar-refractivity contribution in [3.05, 3.63) is 69.8 Å². The molecule has 1 aliphatic rings. The van der Waals surface area contributed by atoms with Gasteiger partial charge >= 0.3 is 0 Å². The average Bonchev–Trinajstić information content (AvgIpc) is 3.51. The molecule has 6 nitrogen and oxygen atoms in total. The first-order valence-corrected chi connectivity index (χ1v) is 9.75. The quantitative estimate of drug-likeness (QED) is 0.531. The van der Waals surface area contributed by atoms with Gasteiger partial charge in [0, 0.05) is 18.7 Å². The van der Waals surface area contributed by atoms with Gasteiger partial charge in [-0.05, 0) is 42.9 Å². The third-order valence-electron chi connectivity index (χ3n) is 5.26. The van der Waals surface area contributed by atoms with Crippen molar-refractivity contribution in [2.75, 3.05) is 5.32 Å². The molecule has 1 aliphatic carbocycles. The Kier molecular flexibility index (Phi) is 6.09. The summed E-state index contributed by atoms with van der Waals surface area (Å²) in [5.74, 6) is 0.264. The summed E-state index contributed by atoms with van der Waals surface area (Å²) in [7, 11) is 0. The van der Waals surface area contributed by atoms with Crippen LogP contribution < -0.4 is 5.32 Å². The van der Waals surface area contributed by atoms with Crippen LogP contribution in [0.5, 0.6) is 0 Å². The van der Waals surface area contributed by atoms with Crippen molar-refractivity contribution in [1.82, 2.24) is 4.90 Å². The maximum absolute atomic E-state index is 12.8. The molecule has 1 saturated carbocycles. The van der Waals surface area contributed by atoms with E-state index in [-0.39, 0.29) is 23.3 Å². The Morgan fingerprint density at radius 3 is 2.36 bits per heavy atom. The van der Waals surface area contributed by atoms with Crippen LogP contribution in [0.3, 0.4) is 0 Å². The molecule has 0 aromatic heterocycles. The van der Waals surface area contributed by atoms with Crippen LogP contribution in [0.15, 0.2) is 48.5 Å². The predicted octanol–water partition coefficient (Wildman–Crippen LogP) is 4.71. The third-order valence-corrected chi connectivity index (χ3v) is 5.26. The van der Waals surface area contributed by atoms with Crippen LogP contribution in [0.2, 0.25) is 0 Å². The number of benzene rings is 2. The Morgan fingerprint density at radius 2 is 1.79 bits per heavy atom. The number of nitro benzene ring substituents is 1. The SMILES string of the molecule is CC(C)c1ccc(CN(C2CC2)[C@@H](C)C(=O)Nc2ccccc2[N+](=O)[O-])cc1. The molecule has 0 spiro atoms. The first-order valence-electron chi connectivity index (χ1n) is 9.75. The summed E-state index contributed by atoms with van der Waals surface area (Å²) in [5, 5.41) is 13.9. The number of amides is 1. The molecule has 2 aromatic carbocycles. The van der Waals surface area contributed by atoms with Gasteiger partial charge in [0.05, 0.1) is 11.0 Å². The maximum atomic E-state index is 12.8. The van der Waals surface area contributed by atoms with Crippen molar-refractivity contribution >= 4 is 17.3 Å². The van der Waals surface area contributed by atoms with Crippen molar-refractivity contribution in [1.29, 1.82) is 0 Å². The topological polar surface area (TPSA) is 75.5 Å². The highest BCUT2D eigenvalue weighted by Crippen LogP contribution is 2.31. The van der Waals surface area contributed by atoms with Crippen molar-refractivity contribution in [2.45, 2.75) is 58.2 Å². The number of anilines is 1. The van der Waals surface area contributed by atoms with E-state index in [4.69, 9.17) is 0 Å². The lowest BCUT2D eigenvalue weighted by atomic mass is 10.0. The van der Waals surface area contributed by atoms with Crippen LogP contribution in [0, 0.1) is 10.1 Å². The van der Waals surface area contributed by atoms with Gasteiger partial charge in [0.2, 0.25) is 5.91 Å².